The number of aromatic nitrogens is 2. The molecule has 1 aromatic carbocycles. The molecule has 1 aromatic heterocycles. The van der Waals surface area contributed by atoms with Crippen LogP contribution < -0.4 is 16.0 Å². The highest BCUT2D eigenvalue weighted by atomic mass is 16.5. The van der Waals surface area contributed by atoms with Crippen LogP contribution in [-0.2, 0) is 19.1 Å². The lowest BCUT2D eigenvalue weighted by molar-refractivity contribution is -0.148. The van der Waals surface area contributed by atoms with Gasteiger partial charge in [0.15, 0.2) is 6.23 Å². The number of amides is 2. The van der Waals surface area contributed by atoms with Gasteiger partial charge >= 0.3 is 5.97 Å². The van der Waals surface area contributed by atoms with Crippen LogP contribution in [0.2, 0.25) is 0 Å². The van der Waals surface area contributed by atoms with E-state index in [1.165, 1.54) is 6.20 Å². The fraction of sp³-hybridized carbons (Fsp3) is 0.462. The Balaban J connectivity index is 1.66. The maximum absolute atomic E-state index is 12.7. The van der Waals surface area contributed by atoms with E-state index in [1.54, 1.807) is 13.0 Å². The van der Waals surface area contributed by atoms with E-state index in [0.717, 1.165) is 24.0 Å². The monoisotopic (exact) mass is 497 g/mol. The minimum absolute atomic E-state index is 0.0699. The summed E-state index contributed by atoms with van der Waals surface area (Å²) in [5.41, 5.74) is 2.56. The van der Waals surface area contributed by atoms with Gasteiger partial charge in [-0.05, 0) is 37.8 Å². The van der Waals surface area contributed by atoms with Crippen LogP contribution in [0.5, 0.6) is 0 Å². The third-order valence-electron chi connectivity index (χ3n) is 5.96. The van der Waals surface area contributed by atoms with Crippen LogP contribution in [0.15, 0.2) is 42.3 Å². The van der Waals surface area contributed by atoms with E-state index < -0.39 is 24.1 Å². The highest BCUT2D eigenvalue weighted by Crippen LogP contribution is 2.27. The standard InChI is InChI=1S/C26H35N5O5/c1-6-18(7-2)28-23(32)20-13-19(30-31-20)16-10-9-11-17(12-16)25-27-14-21(36-25)24(33)29-22(15(4)5)26(34)35-8-3/h9-15,18,22,25,27H,6-8H2,1-5H3,(H,28,32)(H,29,33)(H,30,31). The van der Waals surface area contributed by atoms with E-state index in [4.69, 9.17) is 9.47 Å². The lowest BCUT2D eigenvalue weighted by atomic mass is 10.0. The van der Waals surface area contributed by atoms with Crippen LogP contribution in [0.3, 0.4) is 0 Å². The van der Waals surface area contributed by atoms with Gasteiger partial charge in [0.25, 0.3) is 11.8 Å². The van der Waals surface area contributed by atoms with Crippen LogP contribution in [0.25, 0.3) is 11.3 Å². The SMILES string of the molecule is CCOC(=O)C(NC(=O)C1=CNC(c2cccc(-c3cc(C(=O)NC(CC)CC)[nH]n3)c2)O1)C(C)C. The van der Waals surface area contributed by atoms with Gasteiger partial charge in [0.2, 0.25) is 5.76 Å². The molecule has 10 nitrogen and oxygen atoms in total. The Morgan fingerprint density at radius 2 is 1.83 bits per heavy atom. The van der Waals surface area contributed by atoms with Gasteiger partial charge in [-0.2, -0.15) is 5.10 Å². The van der Waals surface area contributed by atoms with E-state index in [1.807, 2.05) is 52.0 Å². The van der Waals surface area contributed by atoms with Crippen LogP contribution in [0.1, 0.15) is 69.7 Å². The van der Waals surface area contributed by atoms with Crippen molar-refractivity contribution in [2.75, 3.05) is 6.61 Å². The van der Waals surface area contributed by atoms with Crippen molar-refractivity contribution in [1.29, 1.82) is 0 Å². The molecule has 2 amide bonds. The normalized spacial score (nSPS) is 15.6. The molecule has 0 saturated heterocycles. The molecule has 0 fully saturated rings. The summed E-state index contributed by atoms with van der Waals surface area (Å²) in [4.78, 5) is 37.4. The van der Waals surface area contributed by atoms with Crippen LogP contribution in [-0.4, -0.2) is 46.7 Å². The summed E-state index contributed by atoms with van der Waals surface area (Å²) in [6.45, 7) is 9.67. The zero-order valence-electron chi connectivity index (χ0n) is 21.4. The maximum atomic E-state index is 12.7. The molecule has 0 radical (unpaired) electrons. The number of rotatable bonds is 11. The highest BCUT2D eigenvalue weighted by molar-refractivity contribution is 5.95. The number of aromatic amines is 1. The quantitative estimate of drug-likeness (QED) is 0.350. The molecule has 1 aliphatic rings. The third kappa shape index (κ3) is 6.44. The van der Waals surface area contributed by atoms with E-state index in [0.29, 0.717) is 11.4 Å². The molecule has 2 heterocycles. The first kappa shape index (κ1) is 26.8. The number of nitrogens with zero attached hydrogens (tertiary/aromatic N) is 1. The molecule has 0 spiro atoms. The van der Waals surface area contributed by atoms with Crippen LogP contribution in [0.4, 0.5) is 0 Å². The van der Waals surface area contributed by atoms with Gasteiger partial charge in [0, 0.05) is 23.4 Å². The van der Waals surface area contributed by atoms with E-state index in [2.05, 4.69) is 26.1 Å². The summed E-state index contributed by atoms with van der Waals surface area (Å²) in [5, 5.41) is 15.8. The van der Waals surface area contributed by atoms with Crippen LogP contribution in [0, 0.1) is 5.92 Å². The highest BCUT2D eigenvalue weighted by Gasteiger charge is 2.30. The number of benzene rings is 1. The van der Waals surface area contributed by atoms with Gasteiger partial charge in [0.05, 0.1) is 12.3 Å². The number of hydrogen-bond donors (Lipinski definition) is 4. The number of hydrogen-bond acceptors (Lipinski definition) is 7. The first-order valence-electron chi connectivity index (χ1n) is 12.3. The maximum Gasteiger partial charge on any atom is 0.328 e. The summed E-state index contributed by atoms with van der Waals surface area (Å²) in [6.07, 6.45) is 2.59. The van der Waals surface area contributed by atoms with Crippen molar-refractivity contribution in [3.8, 4) is 11.3 Å². The summed E-state index contributed by atoms with van der Waals surface area (Å²) < 4.78 is 10.9. The summed E-state index contributed by atoms with van der Waals surface area (Å²) in [6, 6.07) is 8.51. The lowest BCUT2D eigenvalue weighted by Gasteiger charge is -2.21. The van der Waals surface area contributed by atoms with Crippen molar-refractivity contribution in [2.24, 2.45) is 5.92 Å². The van der Waals surface area contributed by atoms with Crippen molar-refractivity contribution in [2.45, 2.75) is 65.8 Å². The van der Waals surface area contributed by atoms with Crippen molar-refractivity contribution >= 4 is 17.8 Å². The molecule has 4 N–H and O–H groups in total. The van der Waals surface area contributed by atoms with E-state index in [-0.39, 0.29) is 30.2 Å². The van der Waals surface area contributed by atoms with Crippen LogP contribution >= 0.6 is 0 Å². The van der Waals surface area contributed by atoms with Gasteiger partial charge in [-0.1, -0.05) is 45.9 Å². The first-order valence-corrected chi connectivity index (χ1v) is 12.3. The minimum atomic E-state index is -0.777. The Bertz CT molecular complexity index is 1110. The Morgan fingerprint density at radius 3 is 2.50 bits per heavy atom. The number of carbonyl (C=O) groups excluding carboxylic acids is 3. The molecule has 36 heavy (non-hydrogen) atoms. The molecule has 2 unspecified atom stereocenters. The second-order valence-electron chi connectivity index (χ2n) is 8.90. The van der Waals surface area contributed by atoms with E-state index in [9.17, 15) is 14.4 Å². The molecule has 0 aliphatic carbocycles. The Morgan fingerprint density at radius 1 is 1.08 bits per heavy atom. The zero-order valence-corrected chi connectivity index (χ0v) is 21.4. The average Bonchev–Trinajstić information content (AvgIpc) is 3.56. The molecule has 0 saturated carbocycles. The average molecular weight is 498 g/mol. The molecule has 1 aliphatic heterocycles. The van der Waals surface area contributed by atoms with Gasteiger partial charge in [-0.15, -0.1) is 0 Å². The predicted molar refractivity (Wildman–Crippen MR) is 134 cm³/mol. The van der Waals surface area contributed by atoms with E-state index >= 15 is 0 Å². The summed E-state index contributed by atoms with van der Waals surface area (Å²) in [5.74, 6) is -1.26. The molecule has 0 bridgehead atoms. The van der Waals surface area contributed by atoms with Crippen molar-refractivity contribution < 1.29 is 23.9 Å². The van der Waals surface area contributed by atoms with Gasteiger partial charge in [-0.25, -0.2) is 4.79 Å². The largest absolute Gasteiger partial charge is 0.464 e. The molecule has 3 rings (SSSR count). The van der Waals surface area contributed by atoms with Crippen molar-refractivity contribution in [1.82, 2.24) is 26.1 Å². The number of esters is 1. The molecular weight excluding hydrogens is 462 g/mol. The Labute approximate surface area is 211 Å². The molecule has 2 aromatic rings. The van der Waals surface area contributed by atoms with Gasteiger partial charge in [-0.3, -0.25) is 14.7 Å². The Hall–Kier alpha value is -3.82. The number of carbonyl (C=O) groups is 3. The fourth-order valence-corrected chi connectivity index (χ4v) is 3.77. The second-order valence-corrected chi connectivity index (χ2v) is 8.90. The lowest BCUT2D eigenvalue weighted by Crippen LogP contribution is -2.45. The van der Waals surface area contributed by atoms with Crippen molar-refractivity contribution in [3.05, 3.63) is 53.5 Å². The minimum Gasteiger partial charge on any atom is -0.464 e. The van der Waals surface area contributed by atoms with Gasteiger partial charge < -0.3 is 25.4 Å². The summed E-state index contributed by atoms with van der Waals surface area (Å²) in [7, 11) is 0. The smallest absolute Gasteiger partial charge is 0.328 e. The molecule has 2 atom stereocenters. The fourth-order valence-electron chi connectivity index (χ4n) is 3.77. The molecule has 194 valence electrons. The first-order chi connectivity index (χ1) is 17.3. The predicted octanol–water partition coefficient (Wildman–Crippen LogP) is 3.16. The zero-order chi connectivity index (χ0) is 26.2. The van der Waals surface area contributed by atoms with Crippen molar-refractivity contribution in [3.63, 3.8) is 0 Å². The number of ether oxygens (including phenoxy) is 2. The second kappa shape index (κ2) is 12.2. The van der Waals surface area contributed by atoms with Gasteiger partial charge in [0.1, 0.15) is 11.7 Å². The molecular formula is C26H35N5O5. The number of nitrogens with one attached hydrogen (secondary N) is 4. The number of H-pyrrole nitrogens is 1. The third-order valence-corrected chi connectivity index (χ3v) is 5.96. The summed E-state index contributed by atoms with van der Waals surface area (Å²) >= 11 is 0. The molecule has 10 heteroatoms. The topological polar surface area (TPSA) is 134 Å². The Kier molecular flexibility index (Phi) is 9.10.